The molecule has 6 nitrogen and oxygen atoms in total. The molecule has 0 N–H and O–H groups in total. The summed E-state index contributed by atoms with van der Waals surface area (Å²) in [5.41, 5.74) is 2.06. The molecule has 0 unspecified atom stereocenters. The van der Waals surface area contributed by atoms with E-state index in [-0.39, 0.29) is 5.56 Å². The molecule has 0 amide bonds. The number of nitrogens with zero attached hydrogens (tertiary/aromatic N) is 4. The number of rotatable bonds is 4. The van der Waals surface area contributed by atoms with Crippen LogP contribution in [0.3, 0.4) is 0 Å². The SMILES string of the molecule is COCCn1cnc2c(c(C)nn2-c2ccccc2)c1=O. The summed E-state index contributed by atoms with van der Waals surface area (Å²) in [4.78, 5) is 16.9. The van der Waals surface area contributed by atoms with E-state index in [1.807, 2.05) is 37.3 Å². The van der Waals surface area contributed by atoms with E-state index in [1.165, 1.54) is 0 Å². The Balaban J connectivity index is 2.19. The summed E-state index contributed by atoms with van der Waals surface area (Å²) in [6.07, 6.45) is 1.55. The Morgan fingerprint density at radius 2 is 2.00 bits per heavy atom. The summed E-state index contributed by atoms with van der Waals surface area (Å²) in [5.74, 6) is 0. The number of benzene rings is 1. The van der Waals surface area contributed by atoms with Gasteiger partial charge in [0.05, 0.1) is 24.5 Å². The summed E-state index contributed by atoms with van der Waals surface area (Å²) in [7, 11) is 1.61. The Hall–Kier alpha value is -2.47. The van der Waals surface area contributed by atoms with Crippen LogP contribution >= 0.6 is 0 Å². The first-order valence-corrected chi connectivity index (χ1v) is 6.71. The lowest BCUT2D eigenvalue weighted by Gasteiger charge is -2.05. The van der Waals surface area contributed by atoms with E-state index in [0.717, 1.165) is 5.69 Å². The van der Waals surface area contributed by atoms with Gasteiger partial charge in [-0.1, -0.05) is 18.2 Å². The van der Waals surface area contributed by atoms with Crippen LogP contribution in [0.4, 0.5) is 0 Å². The van der Waals surface area contributed by atoms with Crippen LogP contribution in [-0.4, -0.2) is 33.0 Å². The third-order valence-electron chi connectivity index (χ3n) is 3.37. The smallest absolute Gasteiger partial charge is 0.264 e. The summed E-state index contributed by atoms with van der Waals surface area (Å²) < 4.78 is 8.26. The molecule has 6 heteroatoms. The highest BCUT2D eigenvalue weighted by Crippen LogP contribution is 2.16. The average molecular weight is 284 g/mol. The molecule has 0 bridgehead atoms. The van der Waals surface area contributed by atoms with Gasteiger partial charge in [0.2, 0.25) is 0 Å². The van der Waals surface area contributed by atoms with Crippen molar-refractivity contribution in [3.05, 3.63) is 52.7 Å². The van der Waals surface area contributed by atoms with Gasteiger partial charge in [-0.15, -0.1) is 0 Å². The van der Waals surface area contributed by atoms with Crippen molar-refractivity contribution in [2.24, 2.45) is 0 Å². The van der Waals surface area contributed by atoms with Crippen molar-refractivity contribution in [1.82, 2.24) is 19.3 Å². The third-order valence-corrected chi connectivity index (χ3v) is 3.37. The summed E-state index contributed by atoms with van der Waals surface area (Å²) >= 11 is 0. The molecule has 0 spiro atoms. The second-order valence-corrected chi connectivity index (χ2v) is 4.77. The van der Waals surface area contributed by atoms with Crippen LogP contribution in [0.15, 0.2) is 41.5 Å². The van der Waals surface area contributed by atoms with Gasteiger partial charge in [-0.25, -0.2) is 9.67 Å². The maximum absolute atomic E-state index is 12.5. The summed E-state index contributed by atoms with van der Waals surface area (Å²) in [6.45, 7) is 2.78. The van der Waals surface area contributed by atoms with Crippen LogP contribution in [0.2, 0.25) is 0 Å². The fourth-order valence-corrected chi connectivity index (χ4v) is 2.30. The van der Waals surface area contributed by atoms with Crippen LogP contribution in [-0.2, 0) is 11.3 Å². The molecule has 0 radical (unpaired) electrons. The van der Waals surface area contributed by atoms with E-state index in [1.54, 1.807) is 22.7 Å². The van der Waals surface area contributed by atoms with Gasteiger partial charge in [0.1, 0.15) is 11.7 Å². The van der Waals surface area contributed by atoms with Crippen molar-refractivity contribution in [2.45, 2.75) is 13.5 Å². The number of fused-ring (bicyclic) bond motifs is 1. The first-order valence-electron chi connectivity index (χ1n) is 6.71. The van der Waals surface area contributed by atoms with E-state index in [9.17, 15) is 4.79 Å². The minimum atomic E-state index is -0.0864. The predicted molar refractivity (Wildman–Crippen MR) is 79.7 cm³/mol. The number of hydrogen-bond acceptors (Lipinski definition) is 4. The van der Waals surface area contributed by atoms with Crippen molar-refractivity contribution in [3.63, 3.8) is 0 Å². The molecule has 3 rings (SSSR count). The van der Waals surface area contributed by atoms with Crippen molar-refractivity contribution < 1.29 is 4.74 Å². The first-order chi connectivity index (χ1) is 10.2. The molecule has 21 heavy (non-hydrogen) atoms. The molecule has 0 saturated carbocycles. The maximum Gasteiger partial charge on any atom is 0.264 e. The van der Waals surface area contributed by atoms with Crippen molar-refractivity contribution in [3.8, 4) is 5.69 Å². The number of aromatic nitrogens is 4. The number of hydrogen-bond donors (Lipinski definition) is 0. The van der Waals surface area contributed by atoms with E-state index in [4.69, 9.17) is 4.74 Å². The topological polar surface area (TPSA) is 61.9 Å². The molecule has 108 valence electrons. The van der Waals surface area contributed by atoms with Gasteiger partial charge in [0, 0.05) is 7.11 Å². The monoisotopic (exact) mass is 284 g/mol. The van der Waals surface area contributed by atoms with Gasteiger partial charge >= 0.3 is 0 Å². The van der Waals surface area contributed by atoms with Crippen LogP contribution in [0, 0.1) is 6.92 Å². The zero-order valence-electron chi connectivity index (χ0n) is 12.0. The minimum Gasteiger partial charge on any atom is -0.383 e. The first kappa shape index (κ1) is 13.5. The largest absolute Gasteiger partial charge is 0.383 e. The van der Waals surface area contributed by atoms with Crippen molar-refractivity contribution in [1.29, 1.82) is 0 Å². The Bertz CT molecular complexity index is 821. The summed E-state index contributed by atoms with van der Waals surface area (Å²) in [6, 6.07) is 9.66. The highest BCUT2D eigenvalue weighted by Gasteiger charge is 2.14. The maximum atomic E-state index is 12.5. The quantitative estimate of drug-likeness (QED) is 0.729. The molecular weight excluding hydrogens is 268 g/mol. The van der Waals surface area contributed by atoms with Crippen LogP contribution in [0.5, 0.6) is 0 Å². The molecule has 0 aliphatic rings. The lowest BCUT2D eigenvalue weighted by atomic mass is 10.3. The average Bonchev–Trinajstić information content (AvgIpc) is 2.85. The standard InChI is InChI=1S/C15H16N4O2/c1-11-13-14(16-10-18(15(13)20)8-9-21-2)19(17-11)12-6-4-3-5-7-12/h3-7,10H,8-9H2,1-2H3. The molecule has 0 atom stereocenters. The lowest BCUT2D eigenvalue weighted by molar-refractivity contribution is 0.186. The summed E-state index contributed by atoms with van der Waals surface area (Å²) in [5, 5.41) is 5.01. The molecule has 0 aliphatic heterocycles. The van der Waals surface area contributed by atoms with Crippen molar-refractivity contribution >= 4 is 11.0 Å². The number of methoxy groups -OCH3 is 1. The molecule has 2 heterocycles. The van der Waals surface area contributed by atoms with Gasteiger partial charge in [-0.05, 0) is 19.1 Å². The van der Waals surface area contributed by atoms with Crippen LogP contribution in [0.1, 0.15) is 5.69 Å². The Morgan fingerprint density at radius 1 is 1.24 bits per heavy atom. The molecule has 3 aromatic rings. The molecule has 0 aliphatic carbocycles. The van der Waals surface area contributed by atoms with Gasteiger partial charge in [-0.3, -0.25) is 9.36 Å². The molecule has 2 aromatic heterocycles. The molecule has 0 saturated heterocycles. The predicted octanol–water partition coefficient (Wildman–Crippen LogP) is 1.54. The molecule has 0 fully saturated rings. The fraction of sp³-hybridized carbons (Fsp3) is 0.267. The number of ether oxygens (including phenoxy) is 1. The van der Waals surface area contributed by atoms with Crippen LogP contribution in [0.25, 0.3) is 16.7 Å². The molecule has 1 aromatic carbocycles. The van der Waals surface area contributed by atoms with Crippen LogP contribution < -0.4 is 5.56 Å². The molecular formula is C15H16N4O2. The third kappa shape index (κ3) is 2.34. The number of aryl methyl sites for hydroxylation is 1. The minimum absolute atomic E-state index is 0.0864. The van der Waals surface area contributed by atoms with Gasteiger partial charge in [-0.2, -0.15) is 5.10 Å². The van der Waals surface area contributed by atoms with E-state index in [2.05, 4.69) is 10.1 Å². The Labute approximate surface area is 121 Å². The second kappa shape index (κ2) is 5.49. The van der Waals surface area contributed by atoms with Crippen molar-refractivity contribution in [2.75, 3.05) is 13.7 Å². The Morgan fingerprint density at radius 3 is 2.71 bits per heavy atom. The normalized spacial score (nSPS) is 11.1. The van der Waals surface area contributed by atoms with Gasteiger partial charge in [0.15, 0.2) is 5.65 Å². The highest BCUT2D eigenvalue weighted by atomic mass is 16.5. The fourth-order valence-electron chi connectivity index (χ4n) is 2.30. The number of para-hydroxylation sites is 1. The van der Waals surface area contributed by atoms with Gasteiger partial charge in [0.25, 0.3) is 5.56 Å². The Kier molecular flexibility index (Phi) is 3.53. The van der Waals surface area contributed by atoms with Gasteiger partial charge < -0.3 is 4.74 Å². The van der Waals surface area contributed by atoms with E-state index >= 15 is 0 Å². The van der Waals surface area contributed by atoms with E-state index < -0.39 is 0 Å². The van der Waals surface area contributed by atoms with E-state index in [0.29, 0.717) is 29.9 Å². The lowest BCUT2D eigenvalue weighted by Crippen LogP contribution is -2.22. The zero-order chi connectivity index (χ0) is 14.8. The zero-order valence-corrected chi connectivity index (χ0v) is 12.0. The highest BCUT2D eigenvalue weighted by molar-refractivity contribution is 5.78. The second-order valence-electron chi connectivity index (χ2n) is 4.77.